The van der Waals surface area contributed by atoms with Crippen molar-refractivity contribution in [3.05, 3.63) is 58.9 Å². The van der Waals surface area contributed by atoms with Gasteiger partial charge < -0.3 is 15.0 Å². The Hall–Kier alpha value is -2.93. The van der Waals surface area contributed by atoms with Crippen molar-refractivity contribution in [1.29, 1.82) is 0 Å². The lowest BCUT2D eigenvalue weighted by Crippen LogP contribution is -2.25. The van der Waals surface area contributed by atoms with Crippen LogP contribution in [0.15, 0.2) is 42.5 Å². The number of anilines is 2. The first-order chi connectivity index (χ1) is 13.0. The van der Waals surface area contributed by atoms with E-state index in [1.54, 1.807) is 6.07 Å². The third kappa shape index (κ3) is 4.43. The summed E-state index contributed by atoms with van der Waals surface area (Å²) in [5.74, 6) is -2.07. The number of esters is 1. The molecule has 2 aromatic carbocycles. The zero-order chi connectivity index (χ0) is 19.4. The Bertz CT molecular complexity index is 903. The number of amides is 2. The lowest BCUT2D eigenvalue weighted by atomic mass is 10.2. The number of hydrogen-bond acceptors (Lipinski definition) is 4. The molecule has 2 amide bonds. The second-order valence-corrected chi connectivity index (χ2v) is 6.33. The minimum absolute atomic E-state index is 0.000117. The lowest BCUT2D eigenvalue weighted by molar-refractivity contribution is -0.119. The van der Waals surface area contributed by atoms with Crippen LogP contribution in [-0.4, -0.2) is 30.9 Å². The number of ether oxygens (including phenoxy) is 1. The van der Waals surface area contributed by atoms with Gasteiger partial charge in [0.15, 0.2) is 6.61 Å². The normalized spacial score (nSPS) is 13.6. The molecule has 0 aromatic heterocycles. The van der Waals surface area contributed by atoms with Crippen LogP contribution in [0, 0.1) is 5.82 Å². The molecule has 0 aliphatic carbocycles. The van der Waals surface area contributed by atoms with Crippen molar-refractivity contribution in [3.63, 3.8) is 0 Å². The van der Waals surface area contributed by atoms with E-state index in [0.29, 0.717) is 23.7 Å². The fourth-order valence-electron chi connectivity index (χ4n) is 2.71. The zero-order valence-electron chi connectivity index (χ0n) is 14.2. The number of rotatable bonds is 5. The molecule has 0 bridgehead atoms. The molecule has 6 nitrogen and oxygen atoms in total. The summed E-state index contributed by atoms with van der Waals surface area (Å²) in [6.45, 7) is -0.0458. The molecular weight excluding hydrogens is 375 g/mol. The van der Waals surface area contributed by atoms with Crippen LogP contribution >= 0.6 is 11.6 Å². The predicted octanol–water partition coefficient (Wildman–Crippen LogP) is 3.40. The molecule has 1 heterocycles. The summed E-state index contributed by atoms with van der Waals surface area (Å²) in [4.78, 5) is 37.5. The molecule has 8 heteroatoms. The molecule has 2 aromatic rings. The smallest absolute Gasteiger partial charge is 0.338 e. The number of carbonyl (C=O) groups is 3. The van der Waals surface area contributed by atoms with Gasteiger partial charge in [0.25, 0.3) is 5.91 Å². The molecule has 0 radical (unpaired) electrons. The van der Waals surface area contributed by atoms with Crippen LogP contribution < -0.4 is 10.2 Å². The van der Waals surface area contributed by atoms with Gasteiger partial charge in [-0.15, -0.1) is 0 Å². The molecule has 140 valence electrons. The van der Waals surface area contributed by atoms with Gasteiger partial charge >= 0.3 is 5.97 Å². The number of benzene rings is 2. The van der Waals surface area contributed by atoms with Gasteiger partial charge in [-0.3, -0.25) is 9.59 Å². The van der Waals surface area contributed by atoms with Crippen LogP contribution in [0.4, 0.5) is 15.8 Å². The highest BCUT2D eigenvalue weighted by atomic mass is 35.5. The molecule has 0 saturated carbocycles. The number of halogens is 2. The number of para-hydroxylation sites is 1. The van der Waals surface area contributed by atoms with E-state index in [9.17, 15) is 18.8 Å². The van der Waals surface area contributed by atoms with E-state index in [1.807, 2.05) is 0 Å². The summed E-state index contributed by atoms with van der Waals surface area (Å²) in [7, 11) is 0. The van der Waals surface area contributed by atoms with Crippen LogP contribution in [0.3, 0.4) is 0 Å². The van der Waals surface area contributed by atoms with Crippen LogP contribution in [0.1, 0.15) is 23.2 Å². The standard InChI is InChI=1S/C19H16ClFN2O4/c20-13-8-7-12(10-16(13)23-9-3-6-18(23)25)19(26)27-11-17(24)22-15-5-2-1-4-14(15)21/h1-2,4-5,7-8,10H,3,6,9,11H2,(H,22,24). The second-order valence-electron chi connectivity index (χ2n) is 5.92. The maximum atomic E-state index is 13.5. The van der Waals surface area contributed by atoms with Gasteiger partial charge in [-0.05, 0) is 36.8 Å². The Morgan fingerprint density at radius 3 is 2.70 bits per heavy atom. The monoisotopic (exact) mass is 390 g/mol. The molecule has 0 unspecified atom stereocenters. The maximum Gasteiger partial charge on any atom is 0.338 e. The predicted molar refractivity (Wildman–Crippen MR) is 98.4 cm³/mol. The first kappa shape index (κ1) is 18.8. The molecule has 0 spiro atoms. The average molecular weight is 391 g/mol. The number of nitrogens with one attached hydrogen (secondary N) is 1. The van der Waals surface area contributed by atoms with Gasteiger partial charge in [0.05, 0.1) is 22.0 Å². The number of carbonyl (C=O) groups excluding carboxylic acids is 3. The van der Waals surface area contributed by atoms with Gasteiger partial charge in [0.1, 0.15) is 5.82 Å². The Labute approximate surface area is 159 Å². The maximum absolute atomic E-state index is 13.5. The molecular formula is C19H16ClFN2O4. The highest BCUT2D eigenvalue weighted by molar-refractivity contribution is 6.34. The van der Waals surface area contributed by atoms with Crippen molar-refractivity contribution in [2.75, 3.05) is 23.4 Å². The topological polar surface area (TPSA) is 75.7 Å². The third-order valence-electron chi connectivity index (χ3n) is 4.03. The molecule has 1 fully saturated rings. The van der Waals surface area contributed by atoms with Gasteiger partial charge in [-0.25, -0.2) is 9.18 Å². The Morgan fingerprint density at radius 1 is 1.22 bits per heavy atom. The summed E-state index contributed by atoms with van der Waals surface area (Å²) >= 11 is 6.13. The lowest BCUT2D eigenvalue weighted by Gasteiger charge is -2.18. The van der Waals surface area contributed by atoms with E-state index in [0.717, 1.165) is 6.42 Å². The van der Waals surface area contributed by atoms with Crippen LogP contribution in [0.5, 0.6) is 0 Å². The van der Waals surface area contributed by atoms with Crippen molar-refractivity contribution in [2.45, 2.75) is 12.8 Å². The molecule has 1 saturated heterocycles. The summed E-state index contributed by atoms with van der Waals surface area (Å²) in [6, 6.07) is 10.1. The average Bonchev–Trinajstić information content (AvgIpc) is 3.08. The van der Waals surface area contributed by atoms with Crippen molar-refractivity contribution in [3.8, 4) is 0 Å². The van der Waals surface area contributed by atoms with Gasteiger partial charge in [0.2, 0.25) is 5.91 Å². The molecule has 0 atom stereocenters. The fraction of sp³-hybridized carbons (Fsp3) is 0.211. The first-order valence-corrected chi connectivity index (χ1v) is 8.65. The first-order valence-electron chi connectivity index (χ1n) is 8.27. The molecule has 3 rings (SSSR count). The third-order valence-corrected chi connectivity index (χ3v) is 4.35. The number of nitrogens with zero attached hydrogens (tertiary/aromatic N) is 1. The van der Waals surface area contributed by atoms with Crippen molar-refractivity contribution >= 4 is 40.8 Å². The van der Waals surface area contributed by atoms with Gasteiger partial charge in [-0.2, -0.15) is 0 Å². The Balaban J connectivity index is 1.63. The van der Waals surface area contributed by atoms with E-state index < -0.39 is 24.3 Å². The van der Waals surface area contributed by atoms with Crippen LogP contribution in [-0.2, 0) is 14.3 Å². The summed E-state index contributed by atoms with van der Waals surface area (Å²) in [5.41, 5.74) is 0.595. The van der Waals surface area contributed by atoms with E-state index in [1.165, 1.54) is 41.3 Å². The summed E-state index contributed by atoms with van der Waals surface area (Å²) in [5, 5.41) is 2.67. The quantitative estimate of drug-likeness (QED) is 0.794. The zero-order valence-corrected chi connectivity index (χ0v) is 15.0. The van der Waals surface area contributed by atoms with Crippen molar-refractivity contribution < 1.29 is 23.5 Å². The Kier molecular flexibility index (Phi) is 5.71. The summed E-state index contributed by atoms with van der Waals surface area (Å²) < 4.78 is 18.5. The minimum Gasteiger partial charge on any atom is -0.452 e. The van der Waals surface area contributed by atoms with Gasteiger partial charge in [0, 0.05) is 13.0 Å². The molecule has 1 N–H and O–H groups in total. The Morgan fingerprint density at radius 2 is 2.00 bits per heavy atom. The largest absolute Gasteiger partial charge is 0.452 e. The highest BCUT2D eigenvalue weighted by Crippen LogP contribution is 2.30. The molecule has 1 aliphatic rings. The van der Waals surface area contributed by atoms with E-state index in [-0.39, 0.29) is 17.2 Å². The number of hydrogen-bond donors (Lipinski definition) is 1. The molecule has 27 heavy (non-hydrogen) atoms. The van der Waals surface area contributed by atoms with E-state index in [4.69, 9.17) is 16.3 Å². The van der Waals surface area contributed by atoms with Gasteiger partial charge in [-0.1, -0.05) is 23.7 Å². The minimum atomic E-state index is -0.747. The van der Waals surface area contributed by atoms with Crippen molar-refractivity contribution in [2.24, 2.45) is 0 Å². The second kappa shape index (κ2) is 8.18. The van der Waals surface area contributed by atoms with E-state index in [2.05, 4.69) is 5.32 Å². The molecule has 1 aliphatic heterocycles. The van der Waals surface area contributed by atoms with Crippen molar-refractivity contribution in [1.82, 2.24) is 0 Å². The van der Waals surface area contributed by atoms with Crippen LogP contribution in [0.25, 0.3) is 0 Å². The van der Waals surface area contributed by atoms with Crippen LogP contribution in [0.2, 0.25) is 5.02 Å². The highest BCUT2D eigenvalue weighted by Gasteiger charge is 2.24. The summed E-state index contributed by atoms with van der Waals surface area (Å²) in [6.07, 6.45) is 1.15. The van der Waals surface area contributed by atoms with E-state index >= 15 is 0 Å². The fourth-order valence-corrected chi connectivity index (χ4v) is 2.93. The SMILES string of the molecule is O=C(COC(=O)c1ccc(Cl)c(N2CCCC2=O)c1)Nc1ccccc1F.